The number of aromatic nitrogens is 1. The number of hydrogen-bond acceptors (Lipinski definition) is 3. The average Bonchev–Trinajstić information content (AvgIpc) is 2.45. The van der Waals surface area contributed by atoms with Crippen molar-refractivity contribution < 1.29 is 0 Å². The number of hydrogen-bond donors (Lipinski definition) is 0. The first-order valence-electron chi connectivity index (χ1n) is 7.88. The van der Waals surface area contributed by atoms with Crippen LogP contribution in [0, 0.1) is 5.92 Å². The Bertz CT molecular complexity index is 383. The van der Waals surface area contributed by atoms with Gasteiger partial charge in [0, 0.05) is 12.2 Å². The second kappa shape index (κ2) is 7.46. The maximum atomic E-state index is 4.63. The summed E-state index contributed by atoms with van der Waals surface area (Å²) in [6, 6.07) is 7.03. The lowest BCUT2D eigenvalue weighted by atomic mass is 9.91. The minimum absolute atomic E-state index is 0.561. The highest BCUT2D eigenvalue weighted by Gasteiger charge is 2.30. The molecule has 0 spiro atoms. The molecule has 0 radical (unpaired) electrons. The number of rotatable bonds is 5. The number of piperidine rings is 1. The van der Waals surface area contributed by atoms with Crippen molar-refractivity contribution >= 4 is 11.8 Å². The van der Waals surface area contributed by atoms with Crippen LogP contribution in [0.25, 0.3) is 0 Å². The highest BCUT2D eigenvalue weighted by molar-refractivity contribution is 8.00. The van der Waals surface area contributed by atoms with Crippen molar-refractivity contribution in [3.63, 3.8) is 0 Å². The van der Waals surface area contributed by atoms with Gasteiger partial charge in [-0.2, -0.15) is 0 Å². The standard InChI is InChI=1S/C17H28N2S/c1-13(2)19-11-8-15(9-12-19)17(20-14(3)4)16-7-5-6-10-18-16/h5-7,10,13-15,17H,8-9,11-12H2,1-4H3. The van der Waals surface area contributed by atoms with Crippen molar-refractivity contribution in [2.45, 2.75) is 57.1 Å². The molecule has 0 aliphatic carbocycles. The molecular formula is C17H28N2S. The van der Waals surface area contributed by atoms with Gasteiger partial charge in [0.1, 0.15) is 0 Å². The van der Waals surface area contributed by atoms with Gasteiger partial charge in [-0.1, -0.05) is 19.9 Å². The Morgan fingerprint density at radius 1 is 1.15 bits per heavy atom. The van der Waals surface area contributed by atoms with Gasteiger partial charge in [0.15, 0.2) is 0 Å². The molecule has 2 rings (SSSR count). The fourth-order valence-electron chi connectivity index (χ4n) is 3.00. The Kier molecular flexibility index (Phi) is 5.91. The molecule has 0 amide bonds. The Hall–Kier alpha value is -0.540. The van der Waals surface area contributed by atoms with E-state index in [1.807, 2.05) is 12.3 Å². The topological polar surface area (TPSA) is 16.1 Å². The van der Waals surface area contributed by atoms with Gasteiger partial charge < -0.3 is 4.90 Å². The molecule has 1 atom stereocenters. The predicted molar refractivity (Wildman–Crippen MR) is 89.1 cm³/mol. The molecule has 2 heterocycles. The second-order valence-electron chi connectivity index (χ2n) is 6.33. The molecule has 1 saturated heterocycles. The zero-order chi connectivity index (χ0) is 14.5. The molecule has 112 valence electrons. The normalized spacial score (nSPS) is 19.7. The lowest BCUT2D eigenvalue weighted by molar-refractivity contribution is 0.148. The summed E-state index contributed by atoms with van der Waals surface area (Å²) < 4.78 is 0. The minimum Gasteiger partial charge on any atom is -0.301 e. The molecule has 0 saturated carbocycles. The molecule has 1 aliphatic rings. The smallest absolute Gasteiger partial charge is 0.0536 e. The van der Waals surface area contributed by atoms with Crippen LogP contribution >= 0.6 is 11.8 Å². The first-order chi connectivity index (χ1) is 9.58. The van der Waals surface area contributed by atoms with Gasteiger partial charge in [-0.15, -0.1) is 11.8 Å². The monoisotopic (exact) mass is 292 g/mol. The SMILES string of the molecule is CC(C)SC(c1ccccn1)C1CCN(C(C)C)CC1. The van der Waals surface area contributed by atoms with Crippen molar-refractivity contribution in [2.24, 2.45) is 5.92 Å². The molecule has 2 nitrogen and oxygen atoms in total. The number of likely N-dealkylation sites (tertiary alicyclic amines) is 1. The highest BCUT2D eigenvalue weighted by Crippen LogP contribution is 2.42. The summed E-state index contributed by atoms with van der Waals surface area (Å²) >= 11 is 2.09. The molecule has 0 aromatic carbocycles. The van der Waals surface area contributed by atoms with Crippen molar-refractivity contribution in [1.29, 1.82) is 0 Å². The zero-order valence-electron chi connectivity index (χ0n) is 13.2. The molecule has 1 aliphatic heterocycles. The Labute approximate surface area is 128 Å². The van der Waals surface area contributed by atoms with Gasteiger partial charge in [-0.3, -0.25) is 4.98 Å². The highest BCUT2D eigenvalue weighted by atomic mass is 32.2. The van der Waals surface area contributed by atoms with Crippen LogP contribution in [0.1, 0.15) is 51.5 Å². The summed E-state index contributed by atoms with van der Waals surface area (Å²) in [4.78, 5) is 7.23. The third-order valence-corrected chi connectivity index (χ3v) is 5.59. The van der Waals surface area contributed by atoms with E-state index in [-0.39, 0.29) is 0 Å². The van der Waals surface area contributed by atoms with Crippen LogP contribution in [0.3, 0.4) is 0 Å². The average molecular weight is 292 g/mol. The molecule has 1 aromatic rings. The number of pyridine rings is 1. The largest absolute Gasteiger partial charge is 0.301 e. The van der Waals surface area contributed by atoms with Crippen molar-refractivity contribution in [3.8, 4) is 0 Å². The first kappa shape index (κ1) is 15.8. The zero-order valence-corrected chi connectivity index (χ0v) is 14.1. The fraction of sp³-hybridized carbons (Fsp3) is 0.706. The van der Waals surface area contributed by atoms with E-state index in [0.29, 0.717) is 16.5 Å². The van der Waals surface area contributed by atoms with Crippen LogP contribution in [-0.2, 0) is 0 Å². The van der Waals surface area contributed by atoms with Crippen molar-refractivity contribution in [1.82, 2.24) is 9.88 Å². The molecule has 1 fully saturated rings. The number of thioether (sulfide) groups is 1. The van der Waals surface area contributed by atoms with Crippen molar-refractivity contribution in [3.05, 3.63) is 30.1 Å². The Morgan fingerprint density at radius 3 is 2.35 bits per heavy atom. The van der Waals surface area contributed by atoms with Gasteiger partial charge in [0.05, 0.1) is 10.9 Å². The minimum atomic E-state index is 0.561. The van der Waals surface area contributed by atoms with E-state index in [0.717, 1.165) is 5.92 Å². The predicted octanol–water partition coefficient (Wildman–Crippen LogP) is 4.38. The lowest BCUT2D eigenvalue weighted by Crippen LogP contribution is -2.39. The van der Waals surface area contributed by atoms with E-state index < -0.39 is 0 Å². The van der Waals surface area contributed by atoms with E-state index in [2.05, 4.69) is 61.5 Å². The maximum absolute atomic E-state index is 4.63. The third kappa shape index (κ3) is 4.23. The Balaban J connectivity index is 2.05. The summed E-state index contributed by atoms with van der Waals surface area (Å²) in [5.74, 6) is 0.771. The summed E-state index contributed by atoms with van der Waals surface area (Å²) in [5.41, 5.74) is 1.27. The van der Waals surface area contributed by atoms with Crippen LogP contribution < -0.4 is 0 Å². The van der Waals surface area contributed by atoms with E-state index >= 15 is 0 Å². The summed E-state index contributed by atoms with van der Waals surface area (Å²) in [6.45, 7) is 11.7. The molecule has 1 unspecified atom stereocenters. The van der Waals surface area contributed by atoms with Crippen molar-refractivity contribution in [2.75, 3.05) is 13.1 Å². The van der Waals surface area contributed by atoms with E-state index in [1.54, 1.807) is 0 Å². The van der Waals surface area contributed by atoms with Gasteiger partial charge >= 0.3 is 0 Å². The first-order valence-corrected chi connectivity index (χ1v) is 8.82. The van der Waals surface area contributed by atoms with Crippen LogP contribution in [0.4, 0.5) is 0 Å². The van der Waals surface area contributed by atoms with Crippen LogP contribution in [0.15, 0.2) is 24.4 Å². The summed E-state index contributed by atoms with van der Waals surface area (Å²) in [7, 11) is 0. The molecule has 0 N–H and O–H groups in total. The van der Waals surface area contributed by atoms with Gasteiger partial charge in [0.2, 0.25) is 0 Å². The molecular weight excluding hydrogens is 264 g/mol. The van der Waals surface area contributed by atoms with Gasteiger partial charge in [0.25, 0.3) is 0 Å². The molecule has 20 heavy (non-hydrogen) atoms. The maximum Gasteiger partial charge on any atom is 0.0536 e. The Morgan fingerprint density at radius 2 is 1.85 bits per heavy atom. The van der Waals surface area contributed by atoms with Crippen LogP contribution in [0.2, 0.25) is 0 Å². The van der Waals surface area contributed by atoms with Gasteiger partial charge in [-0.25, -0.2) is 0 Å². The van der Waals surface area contributed by atoms with E-state index in [9.17, 15) is 0 Å². The molecule has 0 bridgehead atoms. The summed E-state index contributed by atoms with van der Waals surface area (Å²) in [5, 5.41) is 1.22. The van der Waals surface area contributed by atoms with E-state index in [4.69, 9.17) is 0 Å². The van der Waals surface area contributed by atoms with Gasteiger partial charge in [-0.05, 0) is 63.1 Å². The van der Waals surface area contributed by atoms with E-state index in [1.165, 1.54) is 31.6 Å². The van der Waals surface area contributed by atoms with Crippen LogP contribution in [-0.4, -0.2) is 34.3 Å². The molecule has 1 aromatic heterocycles. The second-order valence-corrected chi connectivity index (χ2v) is 8.05. The van der Waals surface area contributed by atoms with Crippen LogP contribution in [0.5, 0.6) is 0 Å². The summed E-state index contributed by atoms with van der Waals surface area (Å²) in [6.07, 6.45) is 4.55. The quantitative estimate of drug-likeness (QED) is 0.801. The lowest BCUT2D eigenvalue weighted by Gasteiger charge is -2.38. The fourth-order valence-corrected chi connectivity index (χ4v) is 4.36. The number of nitrogens with zero attached hydrogens (tertiary/aromatic N) is 2. The third-order valence-electron chi connectivity index (χ3n) is 4.13. The molecule has 3 heteroatoms.